The Morgan fingerprint density at radius 3 is 1.93 bits per heavy atom. The van der Waals surface area contributed by atoms with Crippen molar-refractivity contribution >= 4 is 17.7 Å². The highest BCUT2D eigenvalue weighted by atomic mass is 32.2. The summed E-state index contributed by atoms with van der Waals surface area (Å²) in [6.07, 6.45) is 0. The molecule has 1 heterocycles. The molecular weight excluding hydrogens is 376 g/mol. The van der Waals surface area contributed by atoms with Crippen molar-refractivity contribution < 1.29 is 4.79 Å². The summed E-state index contributed by atoms with van der Waals surface area (Å²) in [5.41, 5.74) is 2.40. The summed E-state index contributed by atoms with van der Waals surface area (Å²) >= 11 is 1.64. The van der Waals surface area contributed by atoms with Gasteiger partial charge in [0.25, 0.3) is 0 Å². The van der Waals surface area contributed by atoms with E-state index in [0.717, 1.165) is 43.2 Å². The Morgan fingerprint density at radius 1 is 0.759 bits per heavy atom. The molecule has 0 bridgehead atoms. The van der Waals surface area contributed by atoms with Gasteiger partial charge in [-0.25, -0.2) is 0 Å². The molecule has 3 aromatic carbocycles. The first-order chi connectivity index (χ1) is 14.3. The lowest BCUT2D eigenvalue weighted by molar-refractivity contribution is -0.132. The summed E-state index contributed by atoms with van der Waals surface area (Å²) < 4.78 is 0. The van der Waals surface area contributed by atoms with Gasteiger partial charge in [-0.15, -0.1) is 11.8 Å². The third kappa shape index (κ3) is 5.28. The van der Waals surface area contributed by atoms with Crippen LogP contribution >= 0.6 is 11.8 Å². The minimum absolute atomic E-state index is 0.209. The number of rotatable bonds is 6. The molecule has 1 aliphatic rings. The maximum Gasteiger partial charge on any atom is 0.240 e. The predicted octanol–water partition coefficient (Wildman–Crippen LogP) is 4.86. The van der Waals surface area contributed by atoms with Crippen molar-refractivity contribution in [1.82, 2.24) is 9.80 Å². The molecule has 0 saturated carbocycles. The first-order valence-electron chi connectivity index (χ1n) is 10.1. The first kappa shape index (κ1) is 19.7. The third-order valence-corrected chi connectivity index (χ3v) is 6.51. The SMILES string of the molecule is O=C(C(Sc1ccccc1)c1ccccc1)N1CCN(Cc2ccccc2)CC1. The van der Waals surface area contributed by atoms with Gasteiger partial charge in [0.1, 0.15) is 5.25 Å². The highest BCUT2D eigenvalue weighted by molar-refractivity contribution is 8.00. The molecule has 0 aromatic heterocycles. The van der Waals surface area contributed by atoms with E-state index in [-0.39, 0.29) is 11.2 Å². The zero-order chi connectivity index (χ0) is 19.9. The van der Waals surface area contributed by atoms with Gasteiger partial charge in [-0.3, -0.25) is 9.69 Å². The van der Waals surface area contributed by atoms with E-state index in [1.165, 1.54) is 5.56 Å². The molecule has 0 aliphatic carbocycles. The highest BCUT2D eigenvalue weighted by Gasteiger charge is 2.29. The van der Waals surface area contributed by atoms with Crippen LogP contribution < -0.4 is 0 Å². The Morgan fingerprint density at radius 2 is 1.31 bits per heavy atom. The molecule has 29 heavy (non-hydrogen) atoms. The zero-order valence-electron chi connectivity index (χ0n) is 16.5. The van der Waals surface area contributed by atoms with E-state index in [9.17, 15) is 4.79 Å². The van der Waals surface area contributed by atoms with E-state index in [2.05, 4.69) is 53.4 Å². The number of amides is 1. The Hall–Kier alpha value is -2.56. The molecule has 1 fully saturated rings. The topological polar surface area (TPSA) is 23.6 Å². The van der Waals surface area contributed by atoms with E-state index in [0.29, 0.717) is 0 Å². The highest BCUT2D eigenvalue weighted by Crippen LogP contribution is 2.36. The van der Waals surface area contributed by atoms with Gasteiger partial charge in [0.15, 0.2) is 0 Å². The Labute approximate surface area is 177 Å². The molecular formula is C25H26N2OS. The fraction of sp³-hybridized carbons (Fsp3) is 0.240. The lowest BCUT2D eigenvalue weighted by Gasteiger charge is -2.36. The molecule has 4 heteroatoms. The molecule has 1 aliphatic heterocycles. The fourth-order valence-electron chi connectivity index (χ4n) is 3.66. The maximum atomic E-state index is 13.5. The molecule has 1 atom stereocenters. The van der Waals surface area contributed by atoms with Gasteiger partial charge in [-0.1, -0.05) is 78.9 Å². The Kier molecular flexibility index (Phi) is 6.65. The molecule has 4 rings (SSSR count). The second-order valence-corrected chi connectivity index (χ2v) is 8.49. The summed E-state index contributed by atoms with van der Waals surface area (Å²) in [5, 5.41) is -0.209. The van der Waals surface area contributed by atoms with E-state index in [4.69, 9.17) is 0 Å². The fourth-order valence-corrected chi connectivity index (χ4v) is 4.79. The number of thioether (sulfide) groups is 1. The average Bonchev–Trinajstić information content (AvgIpc) is 2.79. The minimum Gasteiger partial charge on any atom is -0.339 e. The number of nitrogens with zero attached hydrogens (tertiary/aromatic N) is 2. The smallest absolute Gasteiger partial charge is 0.240 e. The monoisotopic (exact) mass is 402 g/mol. The molecule has 1 unspecified atom stereocenters. The predicted molar refractivity (Wildman–Crippen MR) is 120 cm³/mol. The molecule has 0 radical (unpaired) electrons. The van der Waals surface area contributed by atoms with Crippen molar-refractivity contribution in [3.8, 4) is 0 Å². The Bertz CT molecular complexity index is 894. The molecule has 1 amide bonds. The van der Waals surface area contributed by atoms with Crippen molar-refractivity contribution in [3.05, 3.63) is 102 Å². The lowest BCUT2D eigenvalue weighted by Crippen LogP contribution is -2.49. The summed E-state index contributed by atoms with van der Waals surface area (Å²) in [7, 11) is 0. The van der Waals surface area contributed by atoms with Crippen molar-refractivity contribution in [2.75, 3.05) is 26.2 Å². The lowest BCUT2D eigenvalue weighted by atomic mass is 10.1. The van der Waals surface area contributed by atoms with Gasteiger partial charge >= 0.3 is 0 Å². The van der Waals surface area contributed by atoms with E-state index >= 15 is 0 Å². The van der Waals surface area contributed by atoms with Gasteiger partial charge in [0.05, 0.1) is 0 Å². The van der Waals surface area contributed by atoms with Crippen molar-refractivity contribution in [2.45, 2.75) is 16.7 Å². The number of carbonyl (C=O) groups excluding carboxylic acids is 1. The first-order valence-corrected chi connectivity index (χ1v) is 11.0. The van der Waals surface area contributed by atoms with Gasteiger partial charge in [-0.05, 0) is 23.3 Å². The quantitative estimate of drug-likeness (QED) is 0.550. The molecule has 0 spiro atoms. The summed E-state index contributed by atoms with van der Waals surface area (Å²) in [4.78, 5) is 19.0. The van der Waals surface area contributed by atoms with E-state index in [1.807, 2.05) is 47.4 Å². The average molecular weight is 403 g/mol. The van der Waals surface area contributed by atoms with Crippen LogP contribution in [0.3, 0.4) is 0 Å². The number of hydrogen-bond donors (Lipinski definition) is 0. The molecule has 148 valence electrons. The third-order valence-electron chi connectivity index (χ3n) is 5.26. The second kappa shape index (κ2) is 9.77. The van der Waals surface area contributed by atoms with Gasteiger partial charge in [0, 0.05) is 37.6 Å². The zero-order valence-corrected chi connectivity index (χ0v) is 17.3. The van der Waals surface area contributed by atoms with Crippen LogP contribution in [0, 0.1) is 0 Å². The molecule has 3 nitrogen and oxygen atoms in total. The minimum atomic E-state index is -0.209. The normalized spacial score (nSPS) is 15.8. The van der Waals surface area contributed by atoms with E-state index in [1.54, 1.807) is 11.8 Å². The number of carbonyl (C=O) groups is 1. The second-order valence-electron chi connectivity index (χ2n) is 7.31. The van der Waals surface area contributed by atoms with Gasteiger partial charge in [-0.2, -0.15) is 0 Å². The number of benzene rings is 3. The largest absolute Gasteiger partial charge is 0.339 e. The van der Waals surface area contributed by atoms with Crippen molar-refractivity contribution in [1.29, 1.82) is 0 Å². The standard InChI is InChI=1S/C25H26N2OS/c28-25(27-18-16-26(17-19-27)20-21-10-4-1-5-11-21)24(22-12-6-2-7-13-22)29-23-14-8-3-9-15-23/h1-15,24H,16-20H2. The molecule has 1 saturated heterocycles. The van der Waals surface area contributed by atoms with Crippen molar-refractivity contribution in [2.24, 2.45) is 0 Å². The summed E-state index contributed by atoms with van der Waals surface area (Å²) in [5.74, 6) is 0.212. The molecule has 0 N–H and O–H groups in total. The van der Waals surface area contributed by atoms with Crippen LogP contribution in [0.15, 0.2) is 95.9 Å². The summed E-state index contributed by atoms with van der Waals surface area (Å²) in [6, 6.07) is 30.9. The number of piperazine rings is 1. The van der Waals surface area contributed by atoms with Gasteiger partial charge < -0.3 is 4.90 Å². The van der Waals surface area contributed by atoms with Crippen LogP contribution in [0.5, 0.6) is 0 Å². The molecule has 3 aromatic rings. The number of hydrogen-bond acceptors (Lipinski definition) is 3. The van der Waals surface area contributed by atoms with Crippen LogP contribution in [0.25, 0.3) is 0 Å². The van der Waals surface area contributed by atoms with Crippen molar-refractivity contribution in [3.63, 3.8) is 0 Å². The van der Waals surface area contributed by atoms with Gasteiger partial charge in [0.2, 0.25) is 5.91 Å². The van der Waals surface area contributed by atoms with Crippen LogP contribution in [-0.4, -0.2) is 41.9 Å². The van der Waals surface area contributed by atoms with Crippen LogP contribution in [-0.2, 0) is 11.3 Å². The maximum absolute atomic E-state index is 13.5. The van der Waals surface area contributed by atoms with Crippen LogP contribution in [0.2, 0.25) is 0 Å². The van der Waals surface area contributed by atoms with Crippen LogP contribution in [0.4, 0.5) is 0 Å². The summed E-state index contributed by atoms with van der Waals surface area (Å²) in [6.45, 7) is 4.34. The van der Waals surface area contributed by atoms with E-state index < -0.39 is 0 Å². The Balaban J connectivity index is 1.43. The van der Waals surface area contributed by atoms with Crippen LogP contribution in [0.1, 0.15) is 16.4 Å².